The second-order valence-corrected chi connectivity index (χ2v) is 9.81. The van der Waals surface area contributed by atoms with Crippen LogP contribution in [0.5, 0.6) is 0 Å². The van der Waals surface area contributed by atoms with Crippen LogP contribution in [0.1, 0.15) is 40.7 Å². The maximum atomic E-state index is 13.8. The fourth-order valence-electron chi connectivity index (χ4n) is 3.51. The molecule has 176 valence electrons. The molecule has 0 radical (unpaired) electrons. The first kappa shape index (κ1) is 24.5. The third-order valence-corrected chi connectivity index (χ3v) is 6.14. The summed E-state index contributed by atoms with van der Waals surface area (Å²) in [5.41, 5.74) is 0.399. The van der Waals surface area contributed by atoms with Crippen LogP contribution in [0, 0.1) is 12.7 Å². The number of aromatic amines is 1. The van der Waals surface area contributed by atoms with Gasteiger partial charge in [0.1, 0.15) is 5.82 Å². The molecule has 3 aromatic rings. The number of hydrogen-bond acceptors (Lipinski definition) is 4. The van der Waals surface area contributed by atoms with Gasteiger partial charge in [-0.2, -0.15) is 0 Å². The number of anilines is 2. The normalized spacial score (nSPS) is 12.7. The van der Waals surface area contributed by atoms with E-state index in [4.69, 9.17) is 0 Å². The zero-order valence-electron chi connectivity index (χ0n) is 18.1. The Morgan fingerprint density at radius 3 is 2.30 bits per heavy atom. The molecule has 2 N–H and O–H groups in total. The Morgan fingerprint density at radius 2 is 1.76 bits per heavy atom. The number of nitrogens with one attached hydrogen (secondary N) is 1. The highest BCUT2D eigenvalue weighted by Crippen LogP contribution is 2.37. The minimum atomic E-state index is -3.53. The Labute approximate surface area is 189 Å². The summed E-state index contributed by atoms with van der Waals surface area (Å²) in [5.74, 6) is -1.56. The molecule has 3 rings (SSSR count). The number of aliphatic hydroxyl groups is 1. The van der Waals surface area contributed by atoms with Crippen LogP contribution >= 0.6 is 0 Å². The molecule has 0 unspecified atom stereocenters. The van der Waals surface area contributed by atoms with Crippen molar-refractivity contribution < 1.29 is 31.5 Å². The quantitative estimate of drug-likeness (QED) is 0.513. The number of nitrogens with zero attached hydrogens (tertiary/aromatic N) is 1. The van der Waals surface area contributed by atoms with Crippen molar-refractivity contribution in [2.45, 2.75) is 37.7 Å². The molecule has 1 amide bonds. The number of aryl methyl sites for hydroxylation is 1. The molecular weight excluding hydrogens is 457 g/mol. The molecular formula is C23H23F3N2O4S. The number of benzene rings is 2. The highest BCUT2D eigenvalue weighted by Gasteiger charge is 2.28. The number of aromatic nitrogens is 1. The number of H-pyrrole nitrogens is 1. The average Bonchev–Trinajstić information content (AvgIpc) is 3.08. The van der Waals surface area contributed by atoms with Crippen LogP contribution < -0.4 is 4.90 Å². The highest BCUT2D eigenvalue weighted by atomic mass is 32.2. The second kappa shape index (κ2) is 9.40. The summed E-state index contributed by atoms with van der Waals surface area (Å²) in [5, 5.41) is 9.64. The van der Waals surface area contributed by atoms with E-state index in [1.807, 2.05) is 0 Å². The Balaban J connectivity index is 2.19. The van der Waals surface area contributed by atoms with E-state index in [9.17, 15) is 31.5 Å². The first-order chi connectivity index (χ1) is 15.4. The molecule has 0 saturated carbocycles. The fraction of sp³-hybridized carbons (Fsp3) is 0.261. The van der Waals surface area contributed by atoms with Crippen molar-refractivity contribution in [3.05, 3.63) is 76.9 Å². The van der Waals surface area contributed by atoms with Crippen molar-refractivity contribution in [3.8, 4) is 0 Å². The van der Waals surface area contributed by atoms with Gasteiger partial charge >= 0.3 is 0 Å². The number of aliphatic hydroxyl groups excluding tert-OH is 1. The minimum Gasteiger partial charge on any atom is -0.393 e. The molecule has 1 aromatic heterocycles. The molecule has 6 nitrogen and oxygen atoms in total. The van der Waals surface area contributed by atoms with Gasteiger partial charge in [-0.05, 0) is 62.4 Å². The number of hydrogen-bond donors (Lipinski definition) is 2. The summed E-state index contributed by atoms with van der Waals surface area (Å²) in [7, 11) is -3.53. The van der Waals surface area contributed by atoms with Gasteiger partial charge in [0.05, 0.1) is 22.3 Å². The fourth-order valence-corrected chi connectivity index (χ4v) is 4.14. The zero-order chi connectivity index (χ0) is 24.5. The van der Waals surface area contributed by atoms with Gasteiger partial charge in [-0.1, -0.05) is 0 Å². The smallest absolute Gasteiger partial charge is 0.265 e. The largest absolute Gasteiger partial charge is 0.393 e. The lowest BCUT2D eigenvalue weighted by Crippen LogP contribution is -2.27. The van der Waals surface area contributed by atoms with E-state index >= 15 is 0 Å². The number of carbonyl (C=O) groups excluding carboxylic acids is 1. The Hall–Kier alpha value is -3.11. The second-order valence-electron chi connectivity index (χ2n) is 7.80. The molecule has 0 aliphatic carbocycles. The summed E-state index contributed by atoms with van der Waals surface area (Å²) in [6.07, 6.45) is -2.48. The number of halogens is 3. The molecule has 0 bridgehead atoms. The van der Waals surface area contributed by atoms with Gasteiger partial charge in [-0.3, -0.25) is 9.69 Å². The van der Waals surface area contributed by atoms with Crippen LogP contribution in [0.2, 0.25) is 0 Å². The van der Waals surface area contributed by atoms with E-state index in [1.165, 1.54) is 30.3 Å². The molecule has 10 heteroatoms. The molecule has 0 aliphatic heterocycles. The average molecular weight is 481 g/mol. The van der Waals surface area contributed by atoms with Gasteiger partial charge < -0.3 is 10.1 Å². The van der Waals surface area contributed by atoms with Crippen molar-refractivity contribution in [1.29, 1.82) is 0 Å². The number of amides is 1. The van der Waals surface area contributed by atoms with Gasteiger partial charge in [0.25, 0.3) is 12.3 Å². The number of rotatable bonds is 7. The number of alkyl halides is 2. The lowest BCUT2D eigenvalue weighted by atomic mass is 10.1. The van der Waals surface area contributed by atoms with Gasteiger partial charge in [0.2, 0.25) is 0 Å². The topological polar surface area (TPSA) is 90.5 Å². The maximum absolute atomic E-state index is 13.8. The van der Waals surface area contributed by atoms with E-state index in [1.54, 1.807) is 13.8 Å². The van der Waals surface area contributed by atoms with Crippen LogP contribution in [-0.2, 0) is 16.3 Å². The van der Waals surface area contributed by atoms with E-state index in [0.29, 0.717) is 17.5 Å². The predicted octanol–water partition coefficient (Wildman–Crippen LogP) is 4.71. The monoisotopic (exact) mass is 480 g/mol. The maximum Gasteiger partial charge on any atom is 0.265 e. The summed E-state index contributed by atoms with van der Waals surface area (Å²) in [4.78, 5) is 17.6. The van der Waals surface area contributed by atoms with Gasteiger partial charge in [0.15, 0.2) is 9.84 Å². The van der Waals surface area contributed by atoms with E-state index < -0.39 is 39.7 Å². The first-order valence-electron chi connectivity index (χ1n) is 9.97. The number of carbonyl (C=O) groups is 1. The van der Waals surface area contributed by atoms with E-state index in [0.717, 1.165) is 23.3 Å². The van der Waals surface area contributed by atoms with Crippen LogP contribution in [0.25, 0.3) is 0 Å². The third-order valence-electron chi connectivity index (χ3n) is 5.01. The van der Waals surface area contributed by atoms with E-state index in [2.05, 4.69) is 4.98 Å². The summed E-state index contributed by atoms with van der Waals surface area (Å²) in [6.45, 7) is 3.21. The van der Waals surface area contributed by atoms with Crippen molar-refractivity contribution in [2.24, 2.45) is 0 Å². The highest BCUT2D eigenvalue weighted by molar-refractivity contribution is 7.90. The molecule has 2 aromatic carbocycles. The van der Waals surface area contributed by atoms with Crippen LogP contribution in [0.3, 0.4) is 0 Å². The zero-order valence-corrected chi connectivity index (χ0v) is 19.0. The Morgan fingerprint density at radius 1 is 1.12 bits per heavy atom. The standard InChI is InChI=1S/C23H23F3N2O4S/c1-13(29)10-16-12-19(14(2)27-16)23(30)28(17-5-7-18(8-6-17)33(3,31)32)21-9-4-15(24)11-20(21)22(25)26/h4-9,11-13,22,27,29H,10H2,1-3H3/t13-/m0/s1. The van der Waals surface area contributed by atoms with Crippen LogP contribution in [0.4, 0.5) is 24.5 Å². The third kappa shape index (κ3) is 5.45. The van der Waals surface area contributed by atoms with Crippen molar-refractivity contribution in [1.82, 2.24) is 4.98 Å². The molecule has 0 fully saturated rings. The summed E-state index contributed by atoms with van der Waals surface area (Å²) < 4.78 is 64.9. The predicted molar refractivity (Wildman–Crippen MR) is 118 cm³/mol. The van der Waals surface area contributed by atoms with Crippen LogP contribution in [0.15, 0.2) is 53.4 Å². The van der Waals surface area contributed by atoms with Gasteiger partial charge in [-0.25, -0.2) is 21.6 Å². The lowest BCUT2D eigenvalue weighted by molar-refractivity contribution is 0.0997. The molecule has 0 spiro atoms. The summed E-state index contributed by atoms with van der Waals surface area (Å²) in [6, 6.07) is 9.41. The van der Waals surface area contributed by atoms with Crippen LogP contribution in [-0.4, -0.2) is 36.8 Å². The van der Waals surface area contributed by atoms with Gasteiger partial charge in [-0.15, -0.1) is 0 Å². The Kier molecular flexibility index (Phi) is 6.99. The molecule has 0 aliphatic rings. The molecule has 1 heterocycles. The van der Waals surface area contributed by atoms with Crippen molar-refractivity contribution >= 4 is 27.1 Å². The van der Waals surface area contributed by atoms with Crippen molar-refractivity contribution in [3.63, 3.8) is 0 Å². The molecule has 1 atom stereocenters. The molecule has 33 heavy (non-hydrogen) atoms. The number of sulfone groups is 1. The first-order valence-corrected chi connectivity index (χ1v) is 11.9. The van der Waals surface area contributed by atoms with E-state index in [-0.39, 0.29) is 28.3 Å². The Bertz CT molecular complexity index is 1270. The lowest BCUT2D eigenvalue weighted by Gasteiger charge is -2.25. The summed E-state index contributed by atoms with van der Waals surface area (Å²) >= 11 is 0. The molecule has 0 saturated heterocycles. The minimum absolute atomic E-state index is 0.0103. The van der Waals surface area contributed by atoms with Gasteiger partial charge in [0, 0.05) is 35.3 Å². The SMILES string of the molecule is Cc1[nH]c(C[C@H](C)O)cc1C(=O)N(c1ccc(S(C)(=O)=O)cc1)c1ccc(F)cc1C(F)F. The van der Waals surface area contributed by atoms with Crippen molar-refractivity contribution in [2.75, 3.05) is 11.2 Å².